The van der Waals surface area contributed by atoms with Gasteiger partial charge < -0.3 is 72.6 Å². The number of aromatic nitrogens is 6. The summed E-state index contributed by atoms with van der Waals surface area (Å²) in [5.41, 5.74) is 0.160. The predicted molar refractivity (Wildman–Crippen MR) is 404 cm³/mol. The van der Waals surface area contributed by atoms with Crippen molar-refractivity contribution in [2.24, 2.45) is 10.8 Å². The lowest BCUT2D eigenvalue weighted by Crippen LogP contribution is -2.60. The number of likely N-dealkylation sites (tertiary alicyclic amines) is 2. The number of carbonyl (C=O) groups excluding carboxylic acids is 9. The Morgan fingerprint density at radius 3 is 1.50 bits per heavy atom. The Balaban J connectivity index is 0.944. The van der Waals surface area contributed by atoms with Gasteiger partial charge in [0.2, 0.25) is 47.3 Å². The monoisotopic (exact) mass is 1500 g/mol. The number of aliphatic carboxylic acids is 2. The van der Waals surface area contributed by atoms with E-state index in [4.69, 9.17) is 4.74 Å². The van der Waals surface area contributed by atoms with Crippen molar-refractivity contribution >= 4 is 92.3 Å². The number of carboxylic acid groups (broad SMARTS) is 2. The molecule has 110 heavy (non-hydrogen) atoms. The van der Waals surface area contributed by atoms with Gasteiger partial charge in [-0.05, 0) is 107 Å². The number of rotatable bonds is 14. The van der Waals surface area contributed by atoms with E-state index in [-0.39, 0.29) is 68.7 Å². The van der Waals surface area contributed by atoms with Crippen LogP contribution in [0.1, 0.15) is 125 Å². The summed E-state index contributed by atoms with van der Waals surface area (Å²) in [5.74, 6) is -8.87. The van der Waals surface area contributed by atoms with E-state index in [0.717, 1.165) is 21.5 Å². The third-order valence-electron chi connectivity index (χ3n) is 20.4. The fraction of sp³-hybridized carbons (Fsp3) is 0.405. The molecule has 2 saturated heterocycles. The maximum Gasteiger partial charge on any atom is 0.330 e. The first-order valence-corrected chi connectivity index (χ1v) is 36.5. The molecule has 578 valence electrons. The molecule has 12 atom stereocenters. The number of benzene rings is 6. The van der Waals surface area contributed by atoms with Crippen LogP contribution in [0.3, 0.4) is 0 Å². The van der Waals surface area contributed by atoms with Gasteiger partial charge in [0.15, 0.2) is 11.7 Å². The molecule has 0 radical (unpaired) electrons. The third-order valence-corrected chi connectivity index (χ3v) is 20.4. The van der Waals surface area contributed by atoms with Crippen LogP contribution in [-0.2, 0) is 73.8 Å². The average molecular weight is 1500 g/mol. The Morgan fingerprint density at radius 1 is 0.555 bits per heavy atom. The first kappa shape index (κ1) is 79.1. The van der Waals surface area contributed by atoms with Gasteiger partial charge in [-0.15, -0.1) is 10.2 Å². The van der Waals surface area contributed by atoms with Crippen LogP contribution < -0.4 is 52.6 Å². The molecule has 11 N–H and O–H groups in total. The van der Waals surface area contributed by atoms with Crippen molar-refractivity contribution in [2.45, 2.75) is 167 Å². The number of anilines is 1. The van der Waals surface area contributed by atoms with Crippen LogP contribution in [-0.4, -0.2) is 197 Å². The summed E-state index contributed by atoms with van der Waals surface area (Å²) >= 11 is 0. The maximum absolute atomic E-state index is 15.3. The zero-order chi connectivity index (χ0) is 79.0. The number of hydrogen-bond acceptors (Lipinski definition) is 18. The molecule has 6 aliphatic heterocycles. The minimum Gasteiger partial charge on any atom is -0.487 e. The highest BCUT2D eigenvalue weighted by atomic mass is 16.5. The molecule has 2 aromatic heterocycles. The molecule has 0 spiro atoms. The Labute approximate surface area is 634 Å². The Morgan fingerprint density at radius 2 is 1.03 bits per heavy atom. The van der Waals surface area contributed by atoms with Crippen molar-refractivity contribution in [1.82, 2.24) is 82.3 Å². The number of likely N-dealkylation sites (N-methyl/N-ethyl adjacent to an activating group) is 2. The molecule has 6 aliphatic rings. The lowest BCUT2D eigenvalue weighted by atomic mass is 9.85. The number of hydrogen-bond donors (Lipinski definition) is 11. The fourth-order valence-corrected chi connectivity index (χ4v) is 13.8. The zero-order valence-corrected chi connectivity index (χ0v) is 62.8. The summed E-state index contributed by atoms with van der Waals surface area (Å²) < 4.78 is 8.98. The van der Waals surface area contributed by atoms with Crippen LogP contribution in [0.4, 0.5) is 5.69 Å². The molecule has 9 amide bonds. The summed E-state index contributed by atoms with van der Waals surface area (Å²) in [7, 11) is 3.19. The van der Waals surface area contributed by atoms with Gasteiger partial charge in [0.05, 0.1) is 36.6 Å². The molecule has 31 nitrogen and oxygen atoms in total. The van der Waals surface area contributed by atoms with Gasteiger partial charge in [-0.25, -0.2) is 19.0 Å². The van der Waals surface area contributed by atoms with E-state index in [2.05, 4.69) is 68.5 Å². The molecule has 12 bridgehead atoms. The lowest BCUT2D eigenvalue weighted by Gasteiger charge is -2.36. The molecular weight excluding hydrogens is 1410 g/mol. The number of amides is 9. The first-order chi connectivity index (χ1) is 52.3. The quantitative estimate of drug-likeness (QED) is 0.0730. The topological polar surface area (TPSA) is 414 Å². The van der Waals surface area contributed by atoms with E-state index >= 15 is 19.2 Å². The SMILES string of the molecule is CN[C@@H](C)C(=O)N[C@H](C(=O)N1C[C@@H]2C[C@H]1C(=O)N[C@@H](Cc1ccc3ccccc3c1)C(=O)N[C@H](C(=O)O)Cc1ccc(cc1)OCc1cn(nn1)[C@H]1C[C@@H](C(=O)N[C@@H](Cc3ccc4ccccc4c3)C(=O)N[C@H](C(=O)O)c3ccc(cc3)NC(=O)c3cn2nn3)N(C(=O)[C@@H](NC(=O)[C@H](C)NC)C(C)(C)C)C1)C(C)(C)C. The Hall–Kier alpha value is -12.0. The molecule has 0 unspecified atom stereocenters. The molecule has 8 aromatic rings. The second-order valence-electron chi connectivity index (χ2n) is 30.5. The summed E-state index contributed by atoms with van der Waals surface area (Å²) in [5, 5.41) is 67.6. The number of fused-ring (bicyclic) bond motifs is 2. The van der Waals surface area contributed by atoms with Crippen molar-refractivity contribution in [3.8, 4) is 5.75 Å². The second kappa shape index (κ2) is 33.7. The van der Waals surface area contributed by atoms with E-state index < -0.39 is 148 Å². The number of nitrogens with zero attached hydrogens (tertiary/aromatic N) is 8. The first-order valence-electron chi connectivity index (χ1n) is 36.5. The van der Waals surface area contributed by atoms with E-state index in [9.17, 15) is 43.8 Å². The van der Waals surface area contributed by atoms with Gasteiger partial charge in [0.1, 0.15) is 60.3 Å². The highest BCUT2D eigenvalue weighted by molar-refractivity contribution is 6.03. The van der Waals surface area contributed by atoms with Crippen molar-refractivity contribution in [3.63, 3.8) is 0 Å². The van der Waals surface area contributed by atoms with Gasteiger partial charge in [-0.2, -0.15) is 0 Å². The zero-order valence-electron chi connectivity index (χ0n) is 62.8. The molecule has 0 saturated carbocycles. The average Bonchev–Trinajstić information content (AvgIpc) is 1.63. The van der Waals surface area contributed by atoms with Gasteiger partial charge in [-0.1, -0.05) is 161 Å². The normalized spacial score (nSPS) is 21.6. The number of nitrogens with one attached hydrogen (secondary N) is 9. The minimum absolute atomic E-state index is 0.0619. The van der Waals surface area contributed by atoms with E-state index in [1.807, 2.05) is 72.8 Å². The smallest absolute Gasteiger partial charge is 0.330 e. The third kappa shape index (κ3) is 18.7. The van der Waals surface area contributed by atoms with Crippen molar-refractivity contribution in [1.29, 1.82) is 0 Å². The highest BCUT2D eigenvalue weighted by Crippen LogP contribution is 2.35. The lowest BCUT2D eigenvalue weighted by molar-refractivity contribution is -0.145. The second-order valence-corrected chi connectivity index (χ2v) is 30.5. The van der Waals surface area contributed by atoms with Crippen LogP contribution in [0, 0.1) is 10.8 Å². The number of ether oxygens (including phenoxy) is 1. The van der Waals surface area contributed by atoms with Gasteiger partial charge in [-0.3, -0.25) is 43.2 Å². The number of carboxylic acids is 2. The Bertz CT molecular complexity index is 4780. The van der Waals surface area contributed by atoms with Gasteiger partial charge in [0, 0.05) is 50.9 Å². The fourth-order valence-electron chi connectivity index (χ4n) is 13.8. The molecule has 0 aliphatic carbocycles. The molecule has 6 aromatic carbocycles. The summed E-state index contributed by atoms with van der Waals surface area (Å²) in [6, 6.07) is 23.8. The molecular formula is C79H93N17O14. The predicted octanol–water partition coefficient (Wildman–Crippen LogP) is 4.09. The van der Waals surface area contributed by atoms with Crippen LogP contribution in [0.25, 0.3) is 21.5 Å². The summed E-state index contributed by atoms with van der Waals surface area (Å²) in [6.45, 7) is 13.3. The largest absolute Gasteiger partial charge is 0.487 e. The van der Waals surface area contributed by atoms with Crippen molar-refractivity contribution in [3.05, 3.63) is 179 Å². The van der Waals surface area contributed by atoms with Crippen LogP contribution in [0.15, 0.2) is 146 Å². The van der Waals surface area contributed by atoms with Crippen LogP contribution in [0.5, 0.6) is 5.75 Å². The number of carbonyl (C=O) groups is 11. The molecule has 8 heterocycles. The van der Waals surface area contributed by atoms with Gasteiger partial charge >= 0.3 is 11.9 Å². The molecule has 31 heteroatoms. The summed E-state index contributed by atoms with van der Waals surface area (Å²) in [4.78, 5) is 162. The van der Waals surface area contributed by atoms with E-state index in [1.165, 1.54) is 49.6 Å². The standard InChI is InChI=1S/C79H93N17O14/c1-43(80-9)67(97)87-65(78(3,4)5)74(104)93-39-55-36-62(93)73(103)84-59(35-47-20-24-49-16-12-14-18-52(49)32-47)70(100)86-64(77(108)109)50-25-27-53(28-26-50)82-71(101)61-41-96(92-90-61)56-37-63(94(40-56)75(105)66(79(6,7)8)88-68(98)44(2)81-10)72(102)83-58(34-46-19-23-48-15-11-13-17-51(48)31-46)69(99)85-60(76(106)107)33-45-21-29-57(30-22-45)110-42-54-38-95(55)91-89-54/h11-32,38,41,43-44,55-56,58-60,62-66,80-81H,33-37,39-40,42H2,1-10H3,(H,82,101)(H,83,102)(H,84,103)(H,85,99)(H,86,100)(H,87,97)(H,88,98)(H,106,107)(H,108,109)/t43-,44-,55-,56-,58-,59-,60-,62-,63-,64-,65+,66+/m0/s1. The highest BCUT2D eigenvalue weighted by Gasteiger charge is 2.49. The maximum atomic E-state index is 15.3. The molecule has 2 fully saturated rings. The Kier molecular flexibility index (Phi) is 24.2. The van der Waals surface area contributed by atoms with Crippen LogP contribution >= 0.6 is 0 Å². The van der Waals surface area contributed by atoms with Crippen LogP contribution in [0.2, 0.25) is 0 Å². The summed E-state index contributed by atoms with van der Waals surface area (Å²) in [6.07, 6.45) is 2.18. The van der Waals surface area contributed by atoms with Crippen molar-refractivity contribution in [2.75, 3.05) is 32.5 Å². The van der Waals surface area contributed by atoms with Gasteiger partial charge in [0.25, 0.3) is 5.91 Å². The van der Waals surface area contributed by atoms with E-state index in [1.54, 1.807) is 112 Å². The molecule has 14 rings (SSSR count). The minimum atomic E-state index is -1.73. The van der Waals surface area contributed by atoms with E-state index in [0.29, 0.717) is 28.1 Å². The van der Waals surface area contributed by atoms with Crippen molar-refractivity contribution < 1.29 is 67.7 Å².